The zero-order chi connectivity index (χ0) is 7.68. The maximum Gasteiger partial charge on any atom is 0.224 e. The maximum atomic E-state index is 3.48. The Bertz CT molecular complexity index is 382. The van der Waals surface area contributed by atoms with Crippen LogP contribution in [0.3, 0.4) is 0 Å². The standard InChI is InChI=1S/C9H7BrN.BrH/c10-8-4-3-7-11-6-2-1-5-9(8)11;/h1-7H;1H/q+1;/p-1. The average molecular weight is 289 g/mol. The smallest absolute Gasteiger partial charge is 0.224 e. The van der Waals surface area contributed by atoms with Gasteiger partial charge >= 0.3 is 0 Å². The van der Waals surface area contributed by atoms with Gasteiger partial charge in [-0.25, -0.2) is 0 Å². The molecule has 2 rings (SSSR count). The van der Waals surface area contributed by atoms with Crippen molar-refractivity contribution < 1.29 is 21.4 Å². The molecule has 0 amide bonds. The van der Waals surface area contributed by atoms with Crippen LogP contribution in [-0.4, -0.2) is 0 Å². The molecule has 0 saturated carbocycles. The SMILES string of the molecule is Brc1ccc[n+]2ccccc12.[Br-]. The third-order valence-corrected chi connectivity index (χ3v) is 2.29. The minimum Gasteiger partial charge on any atom is -1.00 e. The topological polar surface area (TPSA) is 4.10 Å². The molecular weight excluding hydrogens is 282 g/mol. The molecule has 0 bridgehead atoms. The van der Waals surface area contributed by atoms with Crippen molar-refractivity contribution in [2.45, 2.75) is 0 Å². The predicted molar refractivity (Wildman–Crippen MR) is 47.3 cm³/mol. The van der Waals surface area contributed by atoms with Crippen molar-refractivity contribution in [3.05, 3.63) is 47.2 Å². The van der Waals surface area contributed by atoms with Crippen molar-refractivity contribution in [1.29, 1.82) is 0 Å². The lowest BCUT2D eigenvalue weighted by atomic mass is 10.3. The monoisotopic (exact) mass is 287 g/mol. The molecule has 2 aromatic rings. The molecule has 0 N–H and O–H groups in total. The van der Waals surface area contributed by atoms with Gasteiger partial charge in [-0.15, -0.1) is 0 Å². The molecule has 0 radical (unpaired) electrons. The van der Waals surface area contributed by atoms with E-state index in [0.29, 0.717) is 0 Å². The Kier molecular flexibility index (Phi) is 3.23. The fourth-order valence-electron chi connectivity index (χ4n) is 1.09. The first-order valence-corrected chi connectivity index (χ1v) is 4.22. The van der Waals surface area contributed by atoms with Crippen LogP contribution in [0.2, 0.25) is 0 Å². The minimum absolute atomic E-state index is 0. The van der Waals surface area contributed by atoms with Crippen molar-refractivity contribution in [1.82, 2.24) is 0 Å². The Morgan fingerprint density at radius 2 is 1.75 bits per heavy atom. The highest BCUT2D eigenvalue weighted by Crippen LogP contribution is 2.12. The number of aromatic nitrogens is 1. The highest BCUT2D eigenvalue weighted by molar-refractivity contribution is 9.10. The summed E-state index contributed by atoms with van der Waals surface area (Å²) in [6.07, 6.45) is 4.06. The molecule has 0 unspecified atom stereocenters. The molecule has 0 aromatic carbocycles. The van der Waals surface area contributed by atoms with E-state index < -0.39 is 0 Å². The van der Waals surface area contributed by atoms with Gasteiger partial charge in [-0.1, -0.05) is 0 Å². The molecule has 2 aromatic heterocycles. The van der Waals surface area contributed by atoms with Gasteiger partial charge in [-0.05, 0) is 28.1 Å². The van der Waals surface area contributed by atoms with Crippen LogP contribution >= 0.6 is 15.9 Å². The van der Waals surface area contributed by atoms with Crippen molar-refractivity contribution >= 4 is 21.4 Å². The second kappa shape index (κ2) is 4.01. The summed E-state index contributed by atoms with van der Waals surface area (Å²) in [6.45, 7) is 0. The first kappa shape index (κ1) is 9.68. The Balaban J connectivity index is 0.000000720. The lowest BCUT2D eigenvalue weighted by Crippen LogP contribution is -3.00. The van der Waals surface area contributed by atoms with Crippen molar-refractivity contribution in [3.8, 4) is 0 Å². The maximum absolute atomic E-state index is 3.48. The molecule has 0 aliphatic rings. The van der Waals surface area contributed by atoms with E-state index in [4.69, 9.17) is 0 Å². The summed E-state index contributed by atoms with van der Waals surface area (Å²) in [7, 11) is 0. The third-order valence-electron chi connectivity index (χ3n) is 1.62. The molecule has 3 heteroatoms. The first-order chi connectivity index (χ1) is 5.38. The van der Waals surface area contributed by atoms with Gasteiger partial charge in [0.25, 0.3) is 0 Å². The lowest BCUT2D eigenvalue weighted by Gasteiger charge is -1.90. The molecule has 1 nitrogen and oxygen atoms in total. The summed E-state index contributed by atoms with van der Waals surface area (Å²) >= 11 is 3.48. The van der Waals surface area contributed by atoms with Crippen LogP contribution in [0.25, 0.3) is 5.52 Å². The van der Waals surface area contributed by atoms with E-state index in [1.54, 1.807) is 0 Å². The van der Waals surface area contributed by atoms with Gasteiger partial charge in [0.1, 0.15) is 0 Å². The number of nitrogens with zero attached hydrogens (tertiary/aromatic N) is 1. The summed E-state index contributed by atoms with van der Waals surface area (Å²) in [4.78, 5) is 0. The Morgan fingerprint density at radius 1 is 1.00 bits per heavy atom. The first-order valence-electron chi connectivity index (χ1n) is 3.42. The summed E-state index contributed by atoms with van der Waals surface area (Å²) < 4.78 is 3.20. The van der Waals surface area contributed by atoms with E-state index >= 15 is 0 Å². The van der Waals surface area contributed by atoms with Gasteiger partial charge in [0.2, 0.25) is 5.52 Å². The minimum atomic E-state index is 0. The van der Waals surface area contributed by atoms with Gasteiger partial charge in [0.15, 0.2) is 12.4 Å². The van der Waals surface area contributed by atoms with Crippen LogP contribution in [0.1, 0.15) is 0 Å². The normalized spacial score (nSPS) is 9.42. The Labute approximate surface area is 89.9 Å². The highest BCUT2D eigenvalue weighted by Gasteiger charge is 2.01. The molecule has 12 heavy (non-hydrogen) atoms. The van der Waals surface area contributed by atoms with E-state index in [0.717, 1.165) is 4.47 Å². The van der Waals surface area contributed by atoms with Crippen molar-refractivity contribution in [2.75, 3.05) is 0 Å². The van der Waals surface area contributed by atoms with Crippen molar-refractivity contribution in [3.63, 3.8) is 0 Å². The molecule has 0 fully saturated rings. The lowest BCUT2D eigenvalue weighted by molar-refractivity contribution is -0.512. The van der Waals surface area contributed by atoms with Crippen LogP contribution in [0, 0.1) is 0 Å². The summed E-state index contributed by atoms with van der Waals surface area (Å²) in [5, 5.41) is 0. The summed E-state index contributed by atoms with van der Waals surface area (Å²) in [5.41, 5.74) is 1.19. The van der Waals surface area contributed by atoms with Gasteiger partial charge in [-0.2, -0.15) is 4.40 Å². The van der Waals surface area contributed by atoms with Gasteiger partial charge in [0.05, 0.1) is 4.47 Å². The molecule has 0 aliphatic heterocycles. The average Bonchev–Trinajstić information content (AvgIpc) is 2.06. The number of rotatable bonds is 0. The number of fused-ring (bicyclic) bond motifs is 1. The van der Waals surface area contributed by atoms with E-state index in [9.17, 15) is 0 Å². The van der Waals surface area contributed by atoms with Crippen LogP contribution in [-0.2, 0) is 0 Å². The van der Waals surface area contributed by atoms with Crippen LogP contribution in [0.15, 0.2) is 47.2 Å². The van der Waals surface area contributed by atoms with E-state index in [-0.39, 0.29) is 17.0 Å². The number of hydrogen-bond acceptors (Lipinski definition) is 0. The molecular formula is C9H7Br2N. The predicted octanol–water partition coefficient (Wildman–Crippen LogP) is -0.808. The number of hydrogen-bond donors (Lipinski definition) is 0. The summed E-state index contributed by atoms with van der Waals surface area (Å²) in [5.74, 6) is 0. The third kappa shape index (κ3) is 1.67. The zero-order valence-corrected chi connectivity index (χ0v) is 9.42. The van der Waals surface area contributed by atoms with E-state index in [2.05, 4.69) is 26.4 Å². The molecule has 0 atom stereocenters. The number of pyridine rings is 2. The number of halogens is 2. The van der Waals surface area contributed by atoms with Crippen LogP contribution < -0.4 is 21.4 Å². The van der Waals surface area contributed by atoms with E-state index in [1.807, 2.05) is 36.7 Å². The second-order valence-electron chi connectivity index (χ2n) is 2.35. The molecule has 62 valence electrons. The van der Waals surface area contributed by atoms with E-state index in [1.165, 1.54) is 5.52 Å². The molecule has 0 spiro atoms. The van der Waals surface area contributed by atoms with Crippen molar-refractivity contribution in [2.24, 2.45) is 0 Å². The fourth-order valence-corrected chi connectivity index (χ4v) is 1.58. The molecule has 0 aliphatic carbocycles. The largest absolute Gasteiger partial charge is 1.00 e. The second-order valence-corrected chi connectivity index (χ2v) is 3.20. The Hall–Kier alpha value is -0.410. The Morgan fingerprint density at radius 3 is 2.50 bits per heavy atom. The van der Waals surface area contributed by atoms with Gasteiger partial charge in [-0.3, -0.25) is 0 Å². The van der Waals surface area contributed by atoms with Gasteiger partial charge < -0.3 is 17.0 Å². The van der Waals surface area contributed by atoms with Gasteiger partial charge in [0, 0.05) is 18.2 Å². The molecule has 0 saturated heterocycles. The zero-order valence-electron chi connectivity index (χ0n) is 6.24. The summed E-state index contributed by atoms with van der Waals surface area (Å²) in [6, 6.07) is 10.2. The quantitative estimate of drug-likeness (QED) is 0.559. The highest BCUT2D eigenvalue weighted by atomic mass is 79.9. The molecule has 2 heterocycles. The van der Waals surface area contributed by atoms with Crippen LogP contribution in [0.4, 0.5) is 0 Å². The fraction of sp³-hybridized carbons (Fsp3) is 0. The van der Waals surface area contributed by atoms with Crippen LogP contribution in [0.5, 0.6) is 0 Å².